The van der Waals surface area contributed by atoms with Crippen molar-refractivity contribution in [3.63, 3.8) is 0 Å². The van der Waals surface area contributed by atoms with Crippen LogP contribution in [0.25, 0.3) is 0 Å². The molecule has 26 heavy (non-hydrogen) atoms. The van der Waals surface area contributed by atoms with E-state index in [1.54, 1.807) is 16.2 Å². The molecule has 0 atom stereocenters. The lowest BCUT2D eigenvalue weighted by Gasteiger charge is -2.27. The summed E-state index contributed by atoms with van der Waals surface area (Å²) in [5, 5.41) is 1.99. The van der Waals surface area contributed by atoms with E-state index in [4.69, 9.17) is 23.2 Å². The van der Waals surface area contributed by atoms with Gasteiger partial charge in [0, 0.05) is 18.0 Å². The van der Waals surface area contributed by atoms with E-state index in [9.17, 15) is 9.59 Å². The number of hydrogen-bond donors (Lipinski definition) is 0. The van der Waals surface area contributed by atoms with Gasteiger partial charge < -0.3 is 9.80 Å². The van der Waals surface area contributed by atoms with Crippen LogP contribution in [-0.4, -0.2) is 39.5 Å². The summed E-state index contributed by atoms with van der Waals surface area (Å²) in [6.07, 6.45) is 0.725. The first kappa shape index (κ1) is 20.7. The number of thiophene rings is 1. The third kappa shape index (κ3) is 6.31. The van der Waals surface area contributed by atoms with Crippen molar-refractivity contribution in [3.8, 4) is 0 Å². The Hall–Kier alpha value is -1.56. The quantitative estimate of drug-likeness (QED) is 0.575. The molecule has 1 aromatic carbocycles. The molecule has 0 saturated carbocycles. The Morgan fingerprint density at radius 1 is 1.04 bits per heavy atom. The molecule has 0 bridgehead atoms. The van der Waals surface area contributed by atoms with Gasteiger partial charge in [0.15, 0.2) is 4.84 Å². The van der Waals surface area contributed by atoms with Crippen LogP contribution in [0.4, 0.5) is 0 Å². The van der Waals surface area contributed by atoms with Crippen molar-refractivity contribution in [1.29, 1.82) is 0 Å². The van der Waals surface area contributed by atoms with Crippen LogP contribution < -0.4 is 0 Å². The zero-order chi connectivity index (χ0) is 18.9. The first-order chi connectivity index (χ1) is 12.5. The van der Waals surface area contributed by atoms with Crippen LogP contribution in [-0.2, 0) is 22.7 Å². The maximum atomic E-state index is 12.9. The van der Waals surface area contributed by atoms with Gasteiger partial charge >= 0.3 is 0 Å². The van der Waals surface area contributed by atoms with Gasteiger partial charge in [0.05, 0.1) is 13.1 Å². The summed E-state index contributed by atoms with van der Waals surface area (Å²) >= 11 is 13.0. The van der Waals surface area contributed by atoms with E-state index in [1.165, 1.54) is 4.90 Å². The number of amides is 2. The lowest BCUT2D eigenvalue weighted by molar-refractivity contribution is -0.140. The molecule has 0 N–H and O–H groups in total. The lowest BCUT2D eigenvalue weighted by atomic mass is 10.2. The third-order valence-corrected chi connectivity index (χ3v) is 5.05. The van der Waals surface area contributed by atoms with Gasteiger partial charge in [-0.1, -0.05) is 66.5 Å². The Bertz CT molecular complexity index is 693. The molecule has 2 amide bonds. The highest BCUT2D eigenvalue weighted by Gasteiger charge is 2.24. The van der Waals surface area contributed by atoms with Gasteiger partial charge in [0.25, 0.3) is 5.91 Å². The Morgan fingerprint density at radius 2 is 1.77 bits per heavy atom. The molecule has 4 nitrogen and oxygen atoms in total. The number of carbonyl (C=O) groups is 2. The molecular weight excluding hydrogens is 391 g/mol. The van der Waals surface area contributed by atoms with Crippen molar-refractivity contribution in [2.75, 3.05) is 13.1 Å². The second-order valence-electron chi connectivity index (χ2n) is 5.88. The van der Waals surface area contributed by atoms with Crippen LogP contribution >= 0.6 is 34.5 Å². The average Bonchev–Trinajstić information content (AvgIpc) is 3.14. The maximum Gasteiger partial charge on any atom is 0.256 e. The molecule has 7 heteroatoms. The van der Waals surface area contributed by atoms with Crippen LogP contribution in [0.15, 0.2) is 47.8 Å². The minimum atomic E-state index is -1.16. The highest BCUT2D eigenvalue weighted by molar-refractivity contribution is 7.09. The first-order valence-corrected chi connectivity index (χ1v) is 10.2. The first-order valence-electron chi connectivity index (χ1n) is 8.42. The van der Waals surface area contributed by atoms with Gasteiger partial charge in [-0.05, 0) is 23.4 Å². The van der Waals surface area contributed by atoms with Crippen LogP contribution in [0.1, 0.15) is 23.8 Å². The number of carbonyl (C=O) groups excluding carboxylic acids is 2. The summed E-state index contributed by atoms with van der Waals surface area (Å²) in [7, 11) is 0. The van der Waals surface area contributed by atoms with Crippen LogP contribution in [0.2, 0.25) is 0 Å². The standard InChI is InChI=1S/C19H22Cl2N2O2S/c1-2-10-22(19(25)18(20)21)14-17(24)23(13-16-9-6-11-26-16)12-15-7-4-3-5-8-15/h3-9,11,18H,2,10,12-14H2,1H3. The van der Waals surface area contributed by atoms with Crippen molar-refractivity contribution in [2.24, 2.45) is 0 Å². The van der Waals surface area contributed by atoms with Crippen LogP contribution in [0.5, 0.6) is 0 Å². The molecule has 0 spiro atoms. The Balaban J connectivity index is 2.13. The minimum absolute atomic E-state index is 0.0270. The molecule has 1 heterocycles. The van der Waals surface area contributed by atoms with Crippen LogP contribution in [0, 0.1) is 0 Å². The molecule has 0 aliphatic rings. The molecule has 0 unspecified atom stereocenters. The SMILES string of the molecule is CCCN(CC(=O)N(Cc1ccccc1)Cc1cccs1)C(=O)C(Cl)Cl. The summed E-state index contributed by atoms with van der Waals surface area (Å²) in [6, 6.07) is 13.8. The van der Waals surface area contributed by atoms with Crippen molar-refractivity contribution in [1.82, 2.24) is 9.80 Å². The fourth-order valence-corrected chi connectivity index (χ4v) is 3.56. The zero-order valence-corrected chi connectivity index (χ0v) is 16.9. The van der Waals surface area contributed by atoms with E-state index in [-0.39, 0.29) is 12.5 Å². The van der Waals surface area contributed by atoms with E-state index in [2.05, 4.69) is 0 Å². The summed E-state index contributed by atoms with van der Waals surface area (Å²) in [4.78, 5) is 28.2. The monoisotopic (exact) mass is 412 g/mol. The van der Waals surface area contributed by atoms with Gasteiger partial charge in [0.1, 0.15) is 0 Å². The lowest BCUT2D eigenvalue weighted by Crippen LogP contribution is -2.44. The minimum Gasteiger partial charge on any atom is -0.332 e. The van der Waals surface area contributed by atoms with Gasteiger partial charge in [0.2, 0.25) is 5.91 Å². The fourth-order valence-electron chi connectivity index (χ4n) is 2.57. The van der Waals surface area contributed by atoms with E-state index < -0.39 is 10.7 Å². The highest BCUT2D eigenvalue weighted by Crippen LogP contribution is 2.16. The zero-order valence-electron chi connectivity index (χ0n) is 14.6. The number of benzene rings is 1. The van der Waals surface area contributed by atoms with Crippen molar-refractivity contribution in [2.45, 2.75) is 31.3 Å². The van der Waals surface area contributed by atoms with Gasteiger partial charge in [-0.2, -0.15) is 0 Å². The van der Waals surface area contributed by atoms with E-state index in [0.29, 0.717) is 19.6 Å². The summed E-state index contributed by atoms with van der Waals surface area (Å²) in [5.41, 5.74) is 1.04. The molecule has 2 aromatic rings. The largest absolute Gasteiger partial charge is 0.332 e. The van der Waals surface area contributed by atoms with Gasteiger partial charge in [-0.15, -0.1) is 11.3 Å². The summed E-state index contributed by atoms with van der Waals surface area (Å²) < 4.78 is 0. The predicted octanol–water partition coefficient (Wildman–Crippen LogP) is 4.32. The molecule has 0 saturated heterocycles. The number of halogens is 2. The van der Waals surface area contributed by atoms with Crippen molar-refractivity contribution < 1.29 is 9.59 Å². The molecule has 0 aliphatic heterocycles. The summed E-state index contributed by atoms with van der Waals surface area (Å²) in [6.45, 7) is 3.34. The highest BCUT2D eigenvalue weighted by atomic mass is 35.5. The Kier molecular flexibility index (Phi) is 8.42. The van der Waals surface area contributed by atoms with Crippen LogP contribution in [0.3, 0.4) is 0 Å². The third-order valence-electron chi connectivity index (χ3n) is 3.81. The van der Waals surface area contributed by atoms with Crippen molar-refractivity contribution >= 4 is 46.4 Å². The van der Waals surface area contributed by atoms with E-state index >= 15 is 0 Å². The Morgan fingerprint density at radius 3 is 2.35 bits per heavy atom. The molecular formula is C19H22Cl2N2O2S. The van der Waals surface area contributed by atoms with E-state index in [0.717, 1.165) is 16.9 Å². The van der Waals surface area contributed by atoms with Crippen molar-refractivity contribution in [3.05, 3.63) is 58.3 Å². The second kappa shape index (κ2) is 10.6. The number of hydrogen-bond acceptors (Lipinski definition) is 3. The molecule has 2 rings (SSSR count). The Labute approximate surface area is 168 Å². The predicted molar refractivity (Wildman–Crippen MR) is 107 cm³/mol. The average molecular weight is 413 g/mol. The number of rotatable bonds is 9. The topological polar surface area (TPSA) is 40.6 Å². The molecule has 140 valence electrons. The smallest absolute Gasteiger partial charge is 0.256 e. The maximum absolute atomic E-state index is 12.9. The summed E-state index contributed by atoms with van der Waals surface area (Å²) in [5.74, 6) is -0.558. The molecule has 0 aliphatic carbocycles. The normalized spacial score (nSPS) is 10.8. The molecule has 1 aromatic heterocycles. The fraction of sp³-hybridized carbons (Fsp3) is 0.368. The molecule has 0 radical (unpaired) electrons. The number of alkyl halides is 2. The molecule has 0 fully saturated rings. The van der Waals surface area contributed by atoms with Gasteiger partial charge in [-0.25, -0.2) is 0 Å². The number of nitrogens with zero attached hydrogens (tertiary/aromatic N) is 2. The second-order valence-corrected chi connectivity index (χ2v) is 8.00. The van der Waals surface area contributed by atoms with E-state index in [1.807, 2.05) is 54.8 Å². The van der Waals surface area contributed by atoms with Gasteiger partial charge in [-0.3, -0.25) is 9.59 Å².